The standard InChI is InChI=1S/C14H24N4O3/c1-4-5-15-13-12(20-3)14(17-9-16-13)18-6-11(7-19)21-8-10(18)2/h9-11,19H,4-8H2,1-3H3,(H,15,16,17). The van der Waals surface area contributed by atoms with Crippen LogP contribution in [-0.4, -0.2) is 60.6 Å². The minimum absolute atomic E-state index is 0.00242. The van der Waals surface area contributed by atoms with E-state index in [4.69, 9.17) is 9.47 Å². The molecule has 2 rings (SSSR count). The molecule has 0 aliphatic carbocycles. The van der Waals surface area contributed by atoms with E-state index in [2.05, 4.69) is 34.0 Å². The molecular weight excluding hydrogens is 272 g/mol. The fourth-order valence-corrected chi connectivity index (χ4v) is 2.35. The Morgan fingerprint density at radius 1 is 1.52 bits per heavy atom. The average Bonchev–Trinajstić information content (AvgIpc) is 2.53. The number of ether oxygens (including phenoxy) is 2. The molecule has 2 N–H and O–H groups in total. The second-order valence-electron chi connectivity index (χ2n) is 5.15. The summed E-state index contributed by atoms with van der Waals surface area (Å²) in [5, 5.41) is 12.6. The van der Waals surface area contributed by atoms with E-state index in [1.807, 2.05) is 0 Å². The van der Waals surface area contributed by atoms with Gasteiger partial charge in [0.05, 0.1) is 32.5 Å². The van der Waals surface area contributed by atoms with Crippen molar-refractivity contribution in [3.8, 4) is 5.75 Å². The van der Waals surface area contributed by atoms with E-state index in [9.17, 15) is 5.11 Å². The second-order valence-corrected chi connectivity index (χ2v) is 5.15. The van der Waals surface area contributed by atoms with Gasteiger partial charge in [0.25, 0.3) is 0 Å². The van der Waals surface area contributed by atoms with Gasteiger partial charge in [-0.15, -0.1) is 0 Å². The SMILES string of the molecule is CCCNc1ncnc(N2CC(CO)OCC2C)c1OC. The predicted molar refractivity (Wildman–Crippen MR) is 81.0 cm³/mol. The molecule has 21 heavy (non-hydrogen) atoms. The van der Waals surface area contributed by atoms with Crippen LogP contribution in [0.15, 0.2) is 6.33 Å². The van der Waals surface area contributed by atoms with Crippen LogP contribution in [0.1, 0.15) is 20.3 Å². The molecule has 2 heterocycles. The molecule has 1 aliphatic rings. The molecular formula is C14H24N4O3. The van der Waals surface area contributed by atoms with Gasteiger partial charge < -0.3 is 24.8 Å². The Balaban J connectivity index is 2.28. The van der Waals surface area contributed by atoms with Crippen molar-refractivity contribution < 1.29 is 14.6 Å². The number of nitrogens with zero attached hydrogens (tertiary/aromatic N) is 3. The maximum Gasteiger partial charge on any atom is 0.204 e. The third-order valence-electron chi connectivity index (χ3n) is 3.51. The molecule has 1 aliphatic heterocycles. The summed E-state index contributed by atoms with van der Waals surface area (Å²) in [6, 6.07) is 0.163. The van der Waals surface area contributed by atoms with Crippen molar-refractivity contribution in [1.82, 2.24) is 9.97 Å². The largest absolute Gasteiger partial charge is 0.490 e. The van der Waals surface area contributed by atoms with Crippen molar-refractivity contribution in [1.29, 1.82) is 0 Å². The quantitative estimate of drug-likeness (QED) is 0.807. The van der Waals surface area contributed by atoms with Crippen LogP contribution in [0.4, 0.5) is 11.6 Å². The normalized spacial score (nSPS) is 22.2. The number of rotatable bonds is 6. The first-order valence-corrected chi connectivity index (χ1v) is 7.33. The Morgan fingerprint density at radius 3 is 3.00 bits per heavy atom. The third kappa shape index (κ3) is 3.54. The zero-order valence-electron chi connectivity index (χ0n) is 12.9. The highest BCUT2D eigenvalue weighted by Crippen LogP contribution is 2.34. The Labute approximate surface area is 125 Å². The smallest absolute Gasteiger partial charge is 0.204 e. The summed E-state index contributed by atoms with van der Waals surface area (Å²) in [4.78, 5) is 10.7. The summed E-state index contributed by atoms with van der Waals surface area (Å²) in [6.45, 7) is 6.11. The van der Waals surface area contributed by atoms with Crippen molar-refractivity contribution in [3.05, 3.63) is 6.33 Å². The van der Waals surface area contributed by atoms with E-state index < -0.39 is 0 Å². The van der Waals surface area contributed by atoms with E-state index >= 15 is 0 Å². The van der Waals surface area contributed by atoms with E-state index in [1.54, 1.807) is 7.11 Å². The molecule has 1 saturated heterocycles. The lowest BCUT2D eigenvalue weighted by atomic mass is 10.2. The maximum atomic E-state index is 9.31. The van der Waals surface area contributed by atoms with Crippen molar-refractivity contribution in [3.63, 3.8) is 0 Å². The monoisotopic (exact) mass is 296 g/mol. The van der Waals surface area contributed by atoms with Crippen LogP contribution in [-0.2, 0) is 4.74 Å². The first kappa shape index (κ1) is 15.8. The number of morpholine rings is 1. The number of aliphatic hydroxyl groups is 1. The molecule has 1 aromatic rings. The first-order valence-electron chi connectivity index (χ1n) is 7.33. The Hall–Kier alpha value is -1.60. The highest BCUT2D eigenvalue weighted by atomic mass is 16.5. The van der Waals surface area contributed by atoms with Crippen LogP contribution in [0, 0.1) is 0 Å². The summed E-state index contributed by atoms with van der Waals surface area (Å²) >= 11 is 0. The van der Waals surface area contributed by atoms with Gasteiger partial charge in [0, 0.05) is 13.1 Å². The molecule has 0 spiro atoms. The second kappa shape index (κ2) is 7.42. The Morgan fingerprint density at radius 2 is 2.33 bits per heavy atom. The zero-order chi connectivity index (χ0) is 15.2. The third-order valence-corrected chi connectivity index (χ3v) is 3.51. The van der Waals surface area contributed by atoms with Crippen molar-refractivity contribution >= 4 is 11.6 Å². The van der Waals surface area contributed by atoms with Gasteiger partial charge in [-0.3, -0.25) is 0 Å². The van der Waals surface area contributed by atoms with Gasteiger partial charge >= 0.3 is 0 Å². The highest BCUT2D eigenvalue weighted by Gasteiger charge is 2.29. The van der Waals surface area contributed by atoms with Crippen LogP contribution in [0.5, 0.6) is 5.75 Å². The number of hydrogen-bond acceptors (Lipinski definition) is 7. The van der Waals surface area contributed by atoms with Crippen molar-refractivity contribution in [2.24, 2.45) is 0 Å². The van der Waals surface area contributed by atoms with Crippen LogP contribution in [0.25, 0.3) is 0 Å². The predicted octanol–water partition coefficient (Wildman–Crippen LogP) is 0.893. The van der Waals surface area contributed by atoms with Gasteiger partial charge in [0.15, 0.2) is 11.6 Å². The lowest BCUT2D eigenvalue weighted by molar-refractivity contribution is -0.0107. The average molecular weight is 296 g/mol. The van der Waals surface area contributed by atoms with E-state index in [-0.39, 0.29) is 18.8 Å². The molecule has 118 valence electrons. The molecule has 1 fully saturated rings. The van der Waals surface area contributed by atoms with E-state index in [0.717, 1.165) is 18.8 Å². The van der Waals surface area contributed by atoms with Crippen molar-refractivity contribution in [2.75, 3.05) is 43.6 Å². The van der Waals surface area contributed by atoms with Crippen molar-refractivity contribution in [2.45, 2.75) is 32.4 Å². The fourth-order valence-electron chi connectivity index (χ4n) is 2.35. The van der Waals surface area contributed by atoms with Crippen LogP contribution in [0.3, 0.4) is 0 Å². The van der Waals surface area contributed by atoms with Gasteiger partial charge in [0.2, 0.25) is 5.75 Å². The van der Waals surface area contributed by atoms with Gasteiger partial charge in [0.1, 0.15) is 6.33 Å². The molecule has 0 amide bonds. The lowest BCUT2D eigenvalue weighted by Crippen LogP contribution is -2.50. The first-order chi connectivity index (χ1) is 10.2. The van der Waals surface area contributed by atoms with Crippen LogP contribution >= 0.6 is 0 Å². The van der Waals surface area contributed by atoms with Gasteiger partial charge in [-0.05, 0) is 13.3 Å². The summed E-state index contributed by atoms with van der Waals surface area (Å²) in [7, 11) is 1.62. The van der Waals surface area contributed by atoms with Crippen LogP contribution in [0.2, 0.25) is 0 Å². The summed E-state index contributed by atoms with van der Waals surface area (Å²) in [6.07, 6.45) is 2.34. The topological polar surface area (TPSA) is 79.7 Å². The Bertz CT molecular complexity index is 458. The molecule has 0 aromatic carbocycles. The van der Waals surface area contributed by atoms with Crippen LogP contribution < -0.4 is 15.0 Å². The molecule has 1 aromatic heterocycles. The summed E-state index contributed by atoms with van der Waals surface area (Å²) in [5.41, 5.74) is 0. The lowest BCUT2D eigenvalue weighted by Gasteiger charge is -2.38. The zero-order valence-corrected chi connectivity index (χ0v) is 12.9. The van der Waals surface area contributed by atoms with E-state index in [1.165, 1.54) is 6.33 Å². The molecule has 0 bridgehead atoms. The molecule has 7 heteroatoms. The minimum atomic E-state index is -0.201. The minimum Gasteiger partial charge on any atom is -0.490 e. The number of hydrogen-bond donors (Lipinski definition) is 2. The highest BCUT2D eigenvalue weighted by molar-refractivity contribution is 5.65. The summed E-state index contributed by atoms with van der Waals surface area (Å²) < 4.78 is 11.1. The van der Waals surface area contributed by atoms with Gasteiger partial charge in [-0.1, -0.05) is 6.92 Å². The number of methoxy groups -OCH3 is 1. The Kier molecular flexibility index (Phi) is 5.58. The summed E-state index contributed by atoms with van der Waals surface area (Å²) in [5.74, 6) is 2.07. The number of nitrogens with one attached hydrogen (secondary N) is 1. The fraction of sp³-hybridized carbons (Fsp3) is 0.714. The maximum absolute atomic E-state index is 9.31. The molecule has 2 atom stereocenters. The van der Waals surface area contributed by atoms with Gasteiger partial charge in [-0.2, -0.15) is 0 Å². The molecule has 0 saturated carbocycles. The number of aliphatic hydroxyl groups excluding tert-OH is 1. The molecule has 2 unspecified atom stereocenters. The van der Waals surface area contributed by atoms with E-state index in [0.29, 0.717) is 24.7 Å². The number of aromatic nitrogens is 2. The number of anilines is 2. The van der Waals surface area contributed by atoms with Gasteiger partial charge in [-0.25, -0.2) is 9.97 Å². The molecule has 7 nitrogen and oxygen atoms in total. The molecule has 0 radical (unpaired) electrons.